The molecule has 0 spiro atoms. The molecule has 0 aromatic carbocycles. The van der Waals surface area contributed by atoms with Crippen LogP contribution in [0.3, 0.4) is 0 Å². The summed E-state index contributed by atoms with van der Waals surface area (Å²) in [6, 6.07) is 0. The molecule has 5 nitrogen and oxygen atoms in total. The normalized spacial score (nSPS) is 51.8. The van der Waals surface area contributed by atoms with Crippen molar-refractivity contribution in [1.82, 2.24) is 0 Å². The monoisotopic (exact) mass is 450 g/mol. The van der Waals surface area contributed by atoms with Crippen molar-refractivity contribution in [3.63, 3.8) is 0 Å². The van der Waals surface area contributed by atoms with Crippen LogP contribution in [0.25, 0.3) is 0 Å². The fourth-order valence-corrected chi connectivity index (χ4v) is 9.23. The Bertz CT molecular complexity index is 723. The van der Waals surface area contributed by atoms with E-state index in [9.17, 15) is 25.2 Å². The molecule has 184 valence electrons. The average Bonchev–Trinajstić information content (AvgIpc) is 3.01. The van der Waals surface area contributed by atoms with E-state index >= 15 is 0 Å². The lowest BCUT2D eigenvalue weighted by molar-refractivity contribution is -0.263. The van der Waals surface area contributed by atoms with Gasteiger partial charge in [-0.3, -0.25) is 4.79 Å². The van der Waals surface area contributed by atoms with Crippen LogP contribution in [0.5, 0.6) is 0 Å². The van der Waals surface area contributed by atoms with E-state index in [4.69, 9.17) is 0 Å². The second kappa shape index (κ2) is 8.32. The third kappa shape index (κ3) is 3.44. The van der Waals surface area contributed by atoms with Crippen LogP contribution in [0.15, 0.2) is 0 Å². The molecule has 0 heterocycles. The van der Waals surface area contributed by atoms with Gasteiger partial charge in [-0.15, -0.1) is 0 Å². The average molecular weight is 451 g/mol. The number of aliphatic hydroxyl groups excluding tert-OH is 3. The van der Waals surface area contributed by atoms with Crippen molar-refractivity contribution in [3.05, 3.63) is 0 Å². The van der Waals surface area contributed by atoms with Gasteiger partial charge in [0.25, 0.3) is 0 Å². The van der Waals surface area contributed by atoms with Gasteiger partial charge in [-0.05, 0) is 60.2 Å². The van der Waals surface area contributed by atoms with Crippen LogP contribution in [0.2, 0.25) is 0 Å². The molecule has 4 aliphatic carbocycles. The number of carbonyl (C=O) groups is 1. The summed E-state index contributed by atoms with van der Waals surface area (Å²) in [5.41, 5.74) is -2.89. The predicted octanol–water partition coefficient (Wildman–Crippen LogP) is 3.70. The third-order valence-corrected chi connectivity index (χ3v) is 10.8. The molecule has 0 saturated heterocycles. The van der Waals surface area contributed by atoms with Gasteiger partial charge in [-0.25, -0.2) is 0 Å². The molecule has 0 amide bonds. The fraction of sp³-hybridized carbons (Fsp3) is 0.963. The van der Waals surface area contributed by atoms with Gasteiger partial charge in [-0.1, -0.05) is 53.9 Å². The van der Waals surface area contributed by atoms with E-state index in [0.717, 1.165) is 18.8 Å². The van der Waals surface area contributed by atoms with E-state index in [-0.39, 0.29) is 42.3 Å². The maximum atomic E-state index is 13.4. The highest BCUT2D eigenvalue weighted by atomic mass is 16.3. The Morgan fingerprint density at radius 3 is 2.38 bits per heavy atom. The van der Waals surface area contributed by atoms with Crippen molar-refractivity contribution in [3.8, 4) is 0 Å². The minimum atomic E-state index is -1.76. The SMILES string of the molecule is CC(C)CCC[C@@H](C)[C@H]1CC[C@H]2[C@@H]3CC(=O)[C@@]4(O)C[C@@H](O)CC(O)[C@]4(C)[C@H]3[C@@H](O)C[C@]12C. The van der Waals surface area contributed by atoms with Gasteiger partial charge in [0.2, 0.25) is 0 Å². The van der Waals surface area contributed by atoms with Crippen molar-refractivity contribution >= 4 is 5.78 Å². The van der Waals surface area contributed by atoms with Gasteiger partial charge in [0.15, 0.2) is 5.78 Å². The molecule has 1 unspecified atom stereocenters. The van der Waals surface area contributed by atoms with E-state index in [1.807, 2.05) is 0 Å². The van der Waals surface area contributed by atoms with E-state index in [0.29, 0.717) is 24.2 Å². The molecule has 32 heavy (non-hydrogen) atoms. The minimum Gasteiger partial charge on any atom is -0.393 e. The zero-order valence-electron chi connectivity index (χ0n) is 20.8. The maximum absolute atomic E-state index is 13.4. The summed E-state index contributed by atoms with van der Waals surface area (Å²) in [7, 11) is 0. The number of rotatable bonds is 5. The highest BCUT2D eigenvalue weighted by Gasteiger charge is 2.72. The lowest BCUT2D eigenvalue weighted by atomic mass is 9.41. The summed E-state index contributed by atoms with van der Waals surface area (Å²) in [5, 5.41) is 44.4. The Kier molecular flexibility index (Phi) is 6.40. The fourth-order valence-electron chi connectivity index (χ4n) is 9.23. The first kappa shape index (κ1) is 24.6. The molecule has 0 aromatic heterocycles. The zero-order valence-corrected chi connectivity index (χ0v) is 20.8. The highest BCUT2D eigenvalue weighted by Crippen LogP contribution is 2.68. The Balaban J connectivity index is 1.62. The first-order chi connectivity index (χ1) is 14.9. The van der Waals surface area contributed by atoms with Crippen molar-refractivity contribution in [2.45, 2.75) is 116 Å². The van der Waals surface area contributed by atoms with Crippen LogP contribution in [-0.4, -0.2) is 50.1 Å². The number of carbonyl (C=O) groups excluding carboxylic acids is 1. The van der Waals surface area contributed by atoms with Crippen LogP contribution < -0.4 is 0 Å². The molecule has 0 bridgehead atoms. The van der Waals surface area contributed by atoms with Crippen molar-refractivity contribution in [1.29, 1.82) is 0 Å². The number of hydrogen-bond acceptors (Lipinski definition) is 5. The highest BCUT2D eigenvalue weighted by molar-refractivity contribution is 5.90. The first-order valence-electron chi connectivity index (χ1n) is 13.2. The van der Waals surface area contributed by atoms with Gasteiger partial charge >= 0.3 is 0 Å². The summed E-state index contributed by atoms with van der Waals surface area (Å²) in [6.07, 6.45) is 4.39. The van der Waals surface area contributed by atoms with Crippen molar-refractivity contribution < 1.29 is 25.2 Å². The second-order valence-electron chi connectivity index (χ2n) is 12.9. The molecule has 4 N–H and O–H groups in total. The molecule has 4 fully saturated rings. The number of Topliss-reactive ketones (excluding diaryl/α,β-unsaturated/α-hetero) is 1. The van der Waals surface area contributed by atoms with E-state index in [1.165, 1.54) is 19.3 Å². The van der Waals surface area contributed by atoms with Crippen molar-refractivity contribution in [2.75, 3.05) is 0 Å². The Morgan fingerprint density at radius 1 is 1.03 bits per heavy atom. The Morgan fingerprint density at radius 2 is 1.72 bits per heavy atom. The van der Waals surface area contributed by atoms with Gasteiger partial charge in [0.05, 0.1) is 18.3 Å². The van der Waals surface area contributed by atoms with Crippen LogP contribution in [0, 0.1) is 46.3 Å². The van der Waals surface area contributed by atoms with Gasteiger partial charge in [0.1, 0.15) is 5.60 Å². The first-order valence-corrected chi connectivity index (χ1v) is 13.2. The standard InChI is InChI=1S/C27H46O5/c1-15(2)7-6-8-16(3)19-9-10-20-18-12-23(31)27(32)13-17(28)11-22(30)26(27,5)24(18)21(29)14-25(19,20)4/h15-22,24,28-30,32H,6-14H2,1-5H3/t16-,17+,18+,19-,20+,21+,22?,24-,25-,26-,27+/m1/s1. The Hall–Kier alpha value is -0.490. The quantitative estimate of drug-likeness (QED) is 0.512. The lowest BCUT2D eigenvalue weighted by Gasteiger charge is -2.65. The van der Waals surface area contributed by atoms with Crippen LogP contribution >= 0.6 is 0 Å². The van der Waals surface area contributed by atoms with Crippen LogP contribution in [0.1, 0.15) is 92.4 Å². The number of hydrogen-bond donors (Lipinski definition) is 4. The van der Waals surface area contributed by atoms with E-state index in [2.05, 4.69) is 27.7 Å². The Labute approximate surface area is 194 Å². The van der Waals surface area contributed by atoms with E-state index in [1.54, 1.807) is 6.92 Å². The molecule has 0 aliphatic heterocycles. The molecule has 5 heteroatoms. The predicted molar refractivity (Wildman–Crippen MR) is 124 cm³/mol. The number of aliphatic hydroxyl groups is 4. The maximum Gasteiger partial charge on any atom is 0.165 e. The topological polar surface area (TPSA) is 98.0 Å². The van der Waals surface area contributed by atoms with Crippen molar-refractivity contribution in [2.24, 2.45) is 46.3 Å². The summed E-state index contributed by atoms with van der Waals surface area (Å²) in [6.45, 7) is 11.1. The summed E-state index contributed by atoms with van der Waals surface area (Å²) < 4.78 is 0. The summed E-state index contributed by atoms with van der Waals surface area (Å²) in [4.78, 5) is 13.4. The van der Waals surface area contributed by atoms with Gasteiger partial charge in [0, 0.05) is 24.7 Å². The minimum absolute atomic E-state index is 0.0109. The molecular weight excluding hydrogens is 404 g/mol. The van der Waals surface area contributed by atoms with Gasteiger partial charge < -0.3 is 20.4 Å². The molecule has 0 radical (unpaired) electrons. The molecule has 4 aliphatic rings. The second-order valence-corrected chi connectivity index (χ2v) is 12.9. The molecular formula is C27H46O5. The summed E-state index contributed by atoms with van der Waals surface area (Å²) >= 11 is 0. The lowest BCUT2D eigenvalue weighted by Crippen LogP contribution is -2.73. The summed E-state index contributed by atoms with van der Waals surface area (Å²) in [5.74, 6) is 1.60. The third-order valence-electron chi connectivity index (χ3n) is 10.8. The van der Waals surface area contributed by atoms with Crippen LogP contribution in [-0.2, 0) is 4.79 Å². The zero-order chi connectivity index (χ0) is 23.6. The number of ketones is 1. The van der Waals surface area contributed by atoms with E-state index < -0.39 is 29.3 Å². The molecule has 0 aromatic rings. The van der Waals surface area contributed by atoms with Gasteiger partial charge in [-0.2, -0.15) is 0 Å². The molecule has 4 rings (SSSR count). The molecule has 11 atom stereocenters. The number of fused-ring (bicyclic) bond motifs is 5. The van der Waals surface area contributed by atoms with Crippen LogP contribution in [0.4, 0.5) is 0 Å². The molecule has 4 saturated carbocycles. The smallest absolute Gasteiger partial charge is 0.165 e. The largest absolute Gasteiger partial charge is 0.393 e.